The number of carbonyl (C=O) groups is 1. The van der Waals surface area contributed by atoms with Gasteiger partial charge in [0.15, 0.2) is 0 Å². The van der Waals surface area contributed by atoms with Crippen LogP contribution in [-0.2, 0) is 4.79 Å². The maximum atomic E-state index is 12.0. The third kappa shape index (κ3) is 3.75. The first-order valence-corrected chi connectivity index (χ1v) is 7.59. The summed E-state index contributed by atoms with van der Waals surface area (Å²) in [4.78, 5) is 12.0. The molecule has 18 heavy (non-hydrogen) atoms. The molecule has 1 aromatic carbocycles. The molecule has 1 amide bonds. The van der Waals surface area contributed by atoms with E-state index in [1.54, 1.807) is 0 Å². The lowest BCUT2D eigenvalue weighted by atomic mass is 10.0. The van der Waals surface area contributed by atoms with Crippen LogP contribution in [0.3, 0.4) is 0 Å². The summed E-state index contributed by atoms with van der Waals surface area (Å²) in [5, 5.41) is 2.98. The first-order chi connectivity index (χ1) is 8.77. The van der Waals surface area contributed by atoms with Crippen LogP contribution in [0.5, 0.6) is 0 Å². The Hall–Kier alpha value is -1.00. The first kappa shape index (κ1) is 13.4. The highest BCUT2D eigenvalue weighted by Crippen LogP contribution is 2.22. The topological polar surface area (TPSA) is 55.1 Å². The second-order valence-electron chi connectivity index (χ2n) is 4.65. The summed E-state index contributed by atoms with van der Waals surface area (Å²) < 4.78 is 0. The van der Waals surface area contributed by atoms with Crippen LogP contribution in [0.4, 0.5) is 0 Å². The Balaban J connectivity index is 1.78. The summed E-state index contributed by atoms with van der Waals surface area (Å²) in [5.74, 6) is 2.56. The highest BCUT2D eigenvalue weighted by molar-refractivity contribution is 7.99. The monoisotopic (exact) mass is 264 g/mol. The number of carbonyl (C=O) groups excluding carboxylic acids is 1. The molecule has 0 spiro atoms. The summed E-state index contributed by atoms with van der Waals surface area (Å²) in [6, 6.07) is 9.77. The molecule has 4 heteroatoms. The van der Waals surface area contributed by atoms with Crippen molar-refractivity contribution in [2.75, 3.05) is 18.1 Å². The van der Waals surface area contributed by atoms with Gasteiger partial charge in [-0.3, -0.25) is 4.79 Å². The van der Waals surface area contributed by atoms with Gasteiger partial charge in [-0.25, -0.2) is 0 Å². The van der Waals surface area contributed by atoms with Gasteiger partial charge >= 0.3 is 0 Å². The molecule has 1 aliphatic rings. The lowest BCUT2D eigenvalue weighted by Gasteiger charge is -2.21. The van der Waals surface area contributed by atoms with E-state index in [0.717, 1.165) is 29.9 Å². The molecule has 2 rings (SSSR count). The van der Waals surface area contributed by atoms with E-state index in [9.17, 15) is 4.79 Å². The van der Waals surface area contributed by atoms with E-state index in [-0.39, 0.29) is 17.9 Å². The highest BCUT2D eigenvalue weighted by Gasteiger charge is 2.21. The maximum absolute atomic E-state index is 12.0. The summed E-state index contributed by atoms with van der Waals surface area (Å²) >= 11 is 1.93. The van der Waals surface area contributed by atoms with Crippen LogP contribution < -0.4 is 11.1 Å². The van der Waals surface area contributed by atoms with E-state index in [1.807, 2.05) is 42.1 Å². The van der Waals surface area contributed by atoms with Crippen LogP contribution in [0.25, 0.3) is 0 Å². The zero-order chi connectivity index (χ0) is 12.8. The number of nitrogens with two attached hydrogens (primary N) is 1. The molecule has 1 saturated heterocycles. The van der Waals surface area contributed by atoms with E-state index >= 15 is 0 Å². The maximum Gasteiger partial charge on any atom is 0.223 e. The van der Waals surface area contributed by atoms with Gasteiger partial charge in [0.25, 0.3) is 0 Å². The predicted octanol–water partition coefficient (Wildman–Crippen LogP) is 1.95. The van der Waals surface area contributed by atoms with Gasteiger partial charge in [0.05, 0.1) is 0 Å². The van der Waals surface area contributed by atoms with Crippen molar-refractivity contribution in [1.82, 2.24) is 5.32 Å². The normalized spacial score (nSPS) is 18.3. The molecule has 1 aliphatic heterocycles. The van der Waals surface area contributed by atoms with Crippen molar-refractivity contribution in [2.45, 2.75) is 18.9 Å². The molecule has 3 nitrogen and oxygen atoms in total. The smallest absolute Gasteiger partial charge is 0.223 e. The SMILES string of the molecule is NC(CNC(=O)C1CCSCC1)c1ccccc1. The molecular formula is C14H20N2OS. The number of thioether (sulfide) groups is 1. The molecule has 0 aliphatic carbocycles. The van der Waals surface area contributed by atoms with Gasteiger partial charge < -0.3 is 11.1 Å². The number of hydrogen-bond acceptors (Lipinski definition) is 3. The first-order valence-electron chi connectivity index (χ1n) is 6.43. The minimum absolute atomic E-state index is 0.117. The molecule has 0 aromatic heterocycles. The van der Waals surface area contributed by atoms with Gasteiger partial charge in [-0.1, -0.05) is 30.3 Å². The quantitative estimate of drug-likeness (QED) is 0.874. The van der Waals surface area contributed by atoms with Crippen LogP contribution >= 0.6 is 11.8 Å². The van der Waals surface area contributed by atoms with Crippen LogP contribution in [0.15, 0.2) is 30.3 Å². The van der Waals surface area contributed by atoms with Gasteiger partial charge in [0, 0.05) is 18.5 Å². The van der Waals surface area contributed by atoms with Gasteiger partial charge in [-0.2, -0.15) is 11.8 Å². The molecule has 1 atom stereocenters. The molecule has 1 aromatic rings. The van der Waals surface area contributed by atoms with Crippen molar-refractivity contribution in [3.05, 3.63) is 35.9 Å². The average Bonchev–Trinajstić information content (AvgIpc) is 2.46. The zero-order valence-electron chi connectivity index (χ0n) is 10.5. The number of rotatable bonds is 4. The highest BCUT2D eigenvalue weighted by atomic mass is 32.2. The van der Waals surface area contributed by atoms with Crippen LogP contribution in [0, 0.1) is 5.92 Å². The van der Waals surface area contributed by atoms with E-state index < -0.39 is 0 Å². The molecular weight excluding hydrogens is 244 g/mol. The minimum Gasteiger partial charge on any atom is -0.354 e. The van der Waals surface area contributed by atoms with Crippen molar-refractivity contribution < 1.29 is 4.79 Å². The van der Waals surface area contributed by atoms with Crippen molar-refractivity contribution >= 4 is 17.7 Å². The second kappa shape index (κ2) is 6.81. The zero-order valence-corrected chi connectivity index (χ0v) is 11.3. The van der Waals surface area contributed by atoms with Gasteiger partial charge in [-0.15, -0.1) is 0 Å². The van der Waals surface area contributed by atoms with Crippen molar-refractivity contribution in [2.24, 2.45) is 11.7 Å². The standard InChI is InChI=1S/C14H20N2OS/c15-13(11-4-2-1-3-5-11)10-16-14(17)12-6-8-18-9-7-12/h1-5,12-13H,6-10,15H2,(H,16,17). The fourth-order valence-electron chi connectivity index (χ4n) is 2.13. The van der Waals surface area contributed by atoms with Crippen LogP contribution in [0.2, 0.25) is 0 Å². The van der Waals surface area contributed by atoms with E-state index in [4.69, 9.17) is 5.73 Å². The van der Waals surface area contributed by atoms with E-state index in [1.165, 1.54) is 0 Å². The largest absolute Gasteiger partial charge is 0.354 e. The van der Waals surface area contributed by atoms with Crippen molar-refractivity contribution in [3.63, 3.8) is 0 Å². The third-order valence-corrected chi connectivity index (χ3v) is 4.36. The summed E-state index contributed by atoms with van der Waals surface area (Å²) in [5.41, 5.74) is 7.12. The Bertz CT molecular complexity index is 377. The molecule has 1 fully saturated rings. The van der Waals surface area contributed by atoms with Gasteiger partial charge in [0.1, 0.15) is 0 Å². The van der Waals surface area contributed by atoms with Crippen molar-refractivity contribution in [3.8, 4) is 0 Å². The molecule has 1 unspecified atom stereocenters. The van der Waals surface area contributed by atoms with Gasteiger partial charge in [0.2, 0.25) is 5.91 Å². The second-order valence-corrected chi connectivity index (χ2v) is 5.87. The Morgan fingerprint density at radius 2 is 2.00 bits per heavy atom. The molecule has 0 radical (unpaired) electrons. The number of benzene rings is 1. The lowest BCUT2D eigenvalue weighted by Crippen LogP contribution is -2.37. The van der Waals surface area contributed by atoms with Crippen molar-refractivity contribution in [1.29, 1.82) is 0 Å². The Kier molecular flexibility index (Phi) is 5.08. The summed E-state index contributed by atoms with van der Waals surface area (Å²) in [6.07, 6.45) is 1.99. The number of nitrogens with one attached hydrogen (secondary N) is 1. The predicted molar refractivity (Wildman–Crippen MR) is 76.4 cm³/mol. The minimum atomic E-state index is -0.117. The van der Waals surface area contributed by atoms with E-state index in [2.05, 4.69) is 5.32 Å². The Labute approximate surface area is 113 Å². The summed E-state index contributed by atoms with van der Waals surface area (Å²) in [7, 11) is 0. The Morgan fingerprint density at radius 3 is 2.67 bits per heavy atom. The fraction of sp³-hybridized carbons (Fsp3) is 0.500. The Morgan fingerprint density at radius 1 is 1.33 bits per heavy atom. The fourth-order valence-corrected chi connectivity index (χ4v) is 3.24. The average molecular weight is 264 g/mol. The lowest BCUT2D eigenvalue weighted by molar-refractivity contribution is -0.125. The van der Waals surface area contributed by atoms with Gasteiger partial charge in [-0.05, 0) is 29.9 Å². The number of hydrogen-bond donors (Lipinski definition) is 2. The van der Waals surface area contributed by atoms with E-state index in [0.29, 0.717) is 6.54 Å². The third-order valence-electron chi connectivity index (χ3n) is 3.32. The summed E-state index contributed by atoms with van der Waals surface area (Å²) in [6.45, 7) is 0.520. The number of amides is 1. The van der Waals surface area contributed by atoms with Crippen LogP contribution in [0.1, 0.15) is 24.4 Å². The molecule has 3 N–H and O–H groups in total. The molecule has 0 saturated carbocycles. The molecule has 98 valence electrons. The molecule has 0 bridgehead atoms. The molecule has 1 heterocycles. The van der Waals surface area contributed by atoms with Crippen LogP contribution in [-0.4, -0.2) is 24.0 Å².